The van der Waals surface area contributed by atoms with Gasteiger partial charge in [0, 0.05) is 56.5 Å². The van der Waals surface area contributed by atoms with Crippen LogP contribution in [0.5, 0.6) is 11.5 Å². The van der Waals surface area contributed by atoms with Crippen LogP contribution < -0.4 is 26.0 Å². The normalized spacial score (nSPS) is 23.0. The molecule has 3 atom stereocenters. The Morgan fingerprint density at radius 3 is 2.39 bits per heavy atom. The van der Waals surface area contributed by atoms with Gasteiger partial charge in [-0.2, -0.15) is 9.29 Å². The molecular weight excluding hydrogens is 801 g/mol. The number of sulfonamides is 1. The lowest BCUT2D eigenvalue weighted by atomic mass is 9.92. The molecule has 1 spiro atoms. The molecule has 2 saturated carbocycles. The number of hydrogen-bond donors (Lipinski definition) is 3. The second kappa shape index (κ2) is 14.9. The molecule has 2 saturated heterocycles. The first kappa shape index (κ1) is 39.2. The van der Waals surface area contributed by atoms with E-state index >= 15 is 0 Å². The number of aliphatic hydroxyl groups is 1. The minimum atomic E-state index is -3.83. The summed E-state index contributed by atoms with van der Waals surface area (Å²) >= 11 is 0. The summed E-state index contributed by atoms with van der Waals surface area (Å²) < 4.78 is 38.3. The van der Waals surface area contributed by atoms with Gasteiger partial charge in [-0.3, -0.25) is 33.7 Å². The SMILES string of the molecule is Cn1c(=O)n(C2CCC(=O)NC2=O)c2ccc(-c3ccc(Oc4cccc(S(=O)(=O)N5CCC(Nc6ncc7c(n6)N([C@@H]6CCC[C@@H](O)C6)C(=O)C76CC6)CC5)c4)cc3)cc21. The van der Waals surface area contributed by atoms with Gasteiger partial charge in [-0.25, -0.2) is 18.2 Å². The molecule has 2 aliphatic carbocycles. The minimum Gasteiger partial charge on any atom is -0.457 e. The number of aliphatic hydroxyl groups excluding tert-OH is 1. The number of fused-ring (bicyclic) bond motifs is 3. The molecule has 0 radical (unpaired) electrons. The molecule has 1 unspecified atom stereocenters. The van der Waals surface area contributed by atoms with Crippen LogP contribution in [-0.2, 0) is 36.9 Å². The number of piperidine rings is 2. The number of nitrogens with zero attached hydrogens (tertiary/aromatic N) is 6. The summed E-state index contributed by atoms with van der Waals surface area (Å²) in [6.45, 7) is 0.597. The summed E-state index contributed by atoms with van der Waals surface area (Å²) in [6, 6.07) is 18.4. The van der Waals surface area contributed by atoms with Gasteiger partial charge in [0.05, 0.1) is 27.4 Å². The lowest BCUT2D eigenvalue weighted by molar-refractivity contribution is -0.135. The maximum absolute atomic E-state index is 13.9. The molecule has 5 aromatic rings. The number of ether oxygens (including phenoxy) is 1. The molecule has 17 heteroatoms. The van der Waals surface area contributed by atoms with Crippen molar-refractivity contribution >= 4 is 50.5 Å². The Kier molecular flexibility index (Phi) is 9.60. The molecule has 61 heavy (non-hydrogen) atoms. The van der Waals surface area contributed by atoms with Crippen LogP contribution >= 0.6 is 0 Å². The number of carbonyl (C=O) groups is 3. The highest BCUT2D eigenvalue weighted by molar-refractivity contribution is 7.89. The van der Waals surface area contributed by atoms with Crippen LogP contribution in [0.15, 0.2) is 82.6 Å². The third-order valence-corrected chi connectivity index (χ3v) is 15.0. The van der Waals surface area contributed by atoms with Crippen LogP contribution in [0.25, 0.3) is 22.2 Å². The first-order chi connectivity index (χ1) is 29.4. The first-order valence-electron chi connectivity index (χ1n) is 21.0. The van der Waals surface area contributed by atoms with Gasteiger partial charge in [0.25, 0.3) is 0 Å². The maximum Gasteiger partial charge on any atom is 0.329 e. The zero-order valence-corrected chi connectivity index (χ0v) is 34.4. The van der Waals surface area contributed by atoms with Crippen molar-refractivity contribution in [1.29, 1.82) is 0 Å². The number of aryl methyl sites for hydroxylation is 1. The molecule has 16 nitrogen and oxygen atoms in total. The lowest BCUT2D eigenvalue weighted by Crippen LogP contribution is -2.44. The standard InChI is InChI=1S/C44H46N8O8S/c1-49-37-22-27(10-13-35(37)52(43(49)57)36-14-15-38(54)47-40(36)55)26-8-11-31(12-9-26)60-32-6-3-7-33(24-32)61(58,59)50-20-16-28(17-21-50)46-42-45-25-34-39(48-42)51(41(56)44(34)18-19-44)29-4-2-5-30(53)23-29/h3,6-13,22,24-25,28-30,36,53H,2,4-5,14-21,23H2,1H3,(H,45,46,48)(H,47,54,55)/t29-,30-,36?/m1/s1. The number of amides is 3. The fourth-order valence-electron chi connectivity index (χ4n) is 9.62. The van der Waals surface area contributed by atoms with Crippen molar-refractivity contribution in [2.75, 3.05) is 23.3 Å². The molecule has 4 fully saturated rings. The van der Waals surface area contributed by atoms with Crippen molar-refractivity contribution in [1.82, 2.24) is 28.7 Å². The average molecular weight is 847 g/mol. The third kappa shape index (κ3) is 6.88. The molecule has 0 bridgehead atoms. The van der Waals surface area contributed by atoms with Gasteiger partial charge >= 0.3 is 5.69 Å². The zero-order valence-electron chi connectivity index (χ0n) is 33.6. The molecule has 316 valence electrons. The van der Waals surface area contributed by atoms with Gasteiger partial charge < -0.3 is 15.2 Å². The van der Waals surface area contributed by atoms with Crippen molar-refractivity contribution in [2.45, 2.75) is 98.7 Å². The van der Waals surface area contributed by atoms with Crippen LogP contribution in [0.3, 0.4) is 0 Å². The summed E-state index contributed by atoms with van der Waals surface area (Å²) in [5.41, 5.74) is 2.95. The number of aromatic nitrogens is 4. The quantitative estimate of drug-likeness (QED) is 0.177. The molecule has 5 aliphatic rings. The Labute approximate surface area is 351 Å². The van der Waals surface area contributed by atoms with Crippen LogP contribution in [0, 0.1) is 0 Å². The highest BCUT2D eigenvalue weighted by Gasteiger charge is 2.61. The number of anilines is 2. The largest absolute Gasteiger partial charge is 0.457 e. The number of nitrogens with one attached hydrogen (secondary N) is 2. The van der Waals surface area contributed by atoms with Crippen LogP contribution in [0.1, 0.15) is 75.8 Å². The Morgan fingerprint density at radius 2 is 1.66 bits per heavy atom. The molecule has 10 rings (SSSR count). The molecule has 3 aromatic carbocycles. The topological polar surface area (TPSA) is 198 Å². The van der Waals surface area contributed by atoms with Crippen molar-refractivity contribution < 1.29 is 32.6 Å². The number of imide groups is 1. The second-order valence-electron chi connectivity index (χ2n) is 17.0. The first-order valence-corrected chi connectivity index (χ1v) is 22.4. The predicted molar refractivity (Wildman–Crippen MR) is 225 cm³/mol. The number of carbonyl (C=O) groups excluding carboxylic acids is 3. The van der Waals surface area contributed by atoms with Crippen molar-refractivity contribution in [3.63, 3.8) is 0 Å². The van der Waals surface area contributed by atoms with Gasteiger partial charge in [-0.15, -0.1) is 0 Å². The minimum absolute atomic E-state index is 0.0631. The molecule has 2 aromatic heterocycles. The predicted octanol–water partition coefficient (Wildman–Crippen LogP) is 4.51. The van der Waals surface area contributed by atoms with Crippen LogP contribution in [0.4, 0.5) is 11.8 Å². The van der Waals surface area contributed by atoms with Crippen molar-refractivity contribution in [3.8, 4) is 22.6 Å². The van der Waals surface area contributed by atoms with Gasteiger partial charge in [0.15, 0.2) is 0 Å². The van der Waals surface area contributed by atoms with Gasteiger partial charge in [0.1, 0.15) is 23.4 Å². The van der Waals surface area contributed by atoms with Gasteiger partial charge in [0.2, 0.25) is 33.7 Å². The van der Waals surface area contributed by atoms with E-state index in [9.17, 15) is 32.7 Å². The Bertz CT molecular complexity index is 2770. The number of hydrogen-bond acceptors (Lipinski definition) is 11. The average Bonchev–Trinajstić information content (AvgIpc) is 3.98. The number of imidazole rings is 1. The van der Waals surface area contributed by atoms with E-state index in [4.69, 9.17) is 9.72 Å². The third-order valence-electron chi connectivity index (χ3n) is 13.1. The Morgan fingerprint density at radius 1 is 0.885 bits per heavy atom. The van der Waals surface area contributed by atoms with E-state index in [1.165, 1.54) is 19.5 Å². The van der Waals surface area contributed by atoms with Crippen LogP contribution in [-0.4, -0.2) is 85.9 Å². The highest BCUT2D eigenvalue weighted by Crippen LogP contribution is 2.57. The maximum atomic E-state index is 13.9. The van der Waals surface area contributed by atoms with Gasteiger partial charge in [-0.05, 0) is 105 Å². The monoisotopic (exact) mass is 846 g/mol. The lowest BCUT2D eigenvalue weighted by Gasteiger charge is -2.34. The Balaban J connectivity index is 0.784. The van der Waals surface area contributed by atoms with E-state index in [2.05, 4.69) is 15.6 Å². The van der Waals surface area contributed by atoms with E-state index < -0.39 is 33.5 Å². The van der Waals surface area contributed by atoms with E-state index in [0.717, 1.165) is 48.8 Å². The molecule has 5 heterocycles. The smallest absolute Gasteiger partial charge is 0.329 e. The fourth-order valence-corrected chi connectivity index (χ4v) is 11.1. The van der Waals surface area contributed by atoms with Gasteiger partial charge in [-0.1, -0.05) is 24.3 Å². The van der Waals surface area contributed by atoms with Crippen molar-refractivity contribution in [2.24, 2.45) is 7.05 Å². The number of benzene rings is 3. The second-order valence-corrected chi connectivity index (χ2v) is 18.9. The number of rotatable bonds is 9. The molecule has 3 aliphatic heterocycles. The summed E-state index contributed by atoms with van der Waals surface area (Å²) in [5.74, 6) is 1.18. The van der Waals surface area contributed by atoms with E-state index in [-0.39, 0.29) is 47.3 Å². The Hall–Kier alpha value is -5.91. The highest BCUT2D eigenvalue weighted by atomic mass is 32.2. The van der Waals surface area contributed by atoms with Crippen LogP contribution in [0.2, 0.25) is 0 Å². The van der Waals surface area contributed by atoms with E-state index in [1.54, 1.807) is 49.6 Å². The van der Waals surface area contributed by atoms with E-state index in [0.29, 0.717) is 66.7 Å². The molecule has 3 amide bonds. The molecule has 3 N–H and O–H groups in total. The zero-order chi connectivity index (χ0) is 42.2. The summed E-state index contributed by atoms with van der Waals surface area (Å²) in [7, 11) is -2.18. The van der Waals surface area contributed by atoms with Crippen molar-refractivity contribution in [3.05, 3.63) is 89.0 Å². The molecular formula is C44H46N8O8S. The fraction of sp³-hybridized carbons (Fsp3) is 0.409. The summed E-state index contributed by atoms with van der Waals surface area (Å²) in [6.07, 6.45) is 7.41. The van der Waals surface area contributed by atoms with E-state index in [1.807, 2.05) is 29.2 Å². The summed E-state index contributed by atoms with van der Waals surface area (Å²) in [4.78, 5) is 62.6. The summed E-state index contributed by atoms with van der Waals surface area (Å²) in [5, 5.41) is 16.1.